The summed E-state index contributed by atoms with van der Waals surface area (Å²) >= 11 is 1.79. The molecule has 0 radical (unpaired) electrons. The molecule has 29 heavy (non-hydrogen) atoms. The number of likely N-dealkylation sites (tertiary alicyclic amines) is 1. The van der Waals surface area contributed by atoms with E-state index in [9.17, 15) is 9.59 Å². The largest absolute Gasteiger partial charge is 0.325 e. The predicted molar refractivity (Wildman–Crippen MR) is 118 cm³/mol. The first-order valence-electron chi connectivity index (χ1n) is 10.0. The minimum absolute atomic E-state index is 0.00827. The fourth-order valence-corrected chi connectivity index (χ4v) is 4.96. The van der Waals surface area contributed by atoms with Crippen molar-refractivity contribution in [1.29, 1.82) is 0 Å². The zero-order valence-corrected chi connectivity index (χ0v) is 17.5. The van der Waals surface area contributed by atoms with Crippen LogP contribution >= 0.6 is 11.3 Å². The zero-order chi connectivity index (χ0) is 20.4. The second-order valence-electron chi connectivity index (χ2n) is 7.63. The van der Waals surface area contributed by atoms with Gasteiger partial charge in [0, 0.05) is 17.2 Å². The number of amides is 1. The Morgan fingerprint density at radius 3 is 2.62 bits per heavy atom. The lowest BCUT2D eigenvalue weighted by molar-refractivity contribution is -0.121. The molecule has 6 heteroatoms. The summed E-state index contributed by atoms with van der Waals surface area (Å²) in [5, 5.41) is 4.16. The standard InChI is InChI=1S/C23H25N3O2S/c1-15(22(28)24-19-7-5-6-18(14-19)16(2)27)26-12-10-17(11-13-26)23-25-20-8-3-4-9-21(20)29-23/h3-9,14-15,17H,10-13H2,1-2H3,(H,24,28)/t15-/m0/s1. The van der Waals surface area contributed by atoms with E-state index in [2.05, 4.69) is 28.4 Å². The molecular formula is C23H25N3O2S. The monoisotopic (exact) mass is 407 g/mol. The number of thiazole rings is 1. The molecule has 2 heterocycles. The molecule has 1 fully saturated rings. The summed E-state index contributed by atoms with van der Waals surface area (Å²) in [6.45, 7) is 5.23. The van der Waals surface area contributed by atoms with Crippen LogP contribution in [0.4, 0.5) is 5.69 Å². The van der Waals surface area contributed by atoms with Gasteiger partial charge in [0.2, 0.25) is 5.91 Å². The normalized spacial score (nSPS) is 16.6. The highest BCUT2D eigenvalue weighted by Crippen LogP contribution is 2.34. The minimum atomic E-state index is -0.215. The number of rotatable bonds is 5. The summed E-state index contributed by atoms with van der Waals surface area (Å²) in [5.41, 5.74) is 2.35. The number of benzene rings is 2. The van der Waals surface area contributed by atoms with Crippen LogP contribution in [0.5, 0.6) is 0 Å². The van der Waals surface area contributed by atoms with Crippen molar-refractivity contribution in [3.8, 4) is 0 Å². The van der Waals surface area contributed by atoms with Gasteiger partial charge in [-0.25, -0.2) is 4.98 Å². The average molecular weight is 408 g/mol. The molecule has 1 saturated heterocycles. The number of carbonyl (C=O) groups excluding carboxylic acids is 2. The van der Waals surface area contributed by atoms with Crippen molar-refractivity contribution >= 4 is 38.9 Å². The van der Waals surface area contributed by atoms with Gasteiger partial charge in [-0.15, -0.1) is 11.3 Å². The molecule has 1 aliphatic rings. The van der Waals surface area contributed by atoms with Gasteiger partial charge < -0.3 is 5.32 Å². The topological polar surface area (TPSA) is 62.3 Å². The number of piperidine rings is 1. The molecule has 2 aromatic carbocycles. The highest BCUT2D eigenvalue weighted by molar-refractivity contribution is 7.18. The first kappa shape index (κ1) is 19.7. The minimum Gasteiger partial charge on any atom is -0.325 e. The third kappa shape index (κ3) is 4.38. The Balaban J connectivity index is 1.35. The van der Waals surface area contributed by atoms with Crippen LogP contribution in [-0.4, -0.2) is 40.7 Å². The molecule has 0 saturated carbocycles. The molecule has 4 rings (SSSR count). The molecule has 1 amide bonds. The quantitative estimate of drug-likeness (QED) is 0.623. The molecule has 0 bridgehead atoms. The molecule has 1 atom stereocenters. The van der Waals surface area contributed by atoms with E-state index in [0.29, 0.717) is 17.2 Å². The van der Waals surface area contributed by atoms with E-state index in [1.165, 1.54) is 16.6 Å². The number of ketones is 1. The number of para-hydroxylation sites is 1. The van der Waals surface area contributed by atoms with Crippen molar-refractivity contribution in [3.63, 3.8) is 0 Å². The fraction of sp³-hybridized carbons (Fsp3) is 0.348. The molecular weight excluding hydrogens is 382 g/mol. The Hall–Kier alpha value is -2.57. The van der Waals surface area contributed by atoms with Gasteiger partial charge in [0.15, 0.2) is 5.78 Å². The predicted octanol–water partition coefficient (Wildman–Crippen LogP) is 4.71. The first-order valence-corrected chi connectivity index (χ1v) is 10.8. The number of nitrogens with zero attached hydrogens (tertiary/aromatic N) is 2. The van der Waals surface area contributed by atoms with Crippen LogP contribution < -0.4 is 5.32 Å². The van der Waals surface area contributed by atoms with Crippen LogP contribution in [0.2, 0.25) is 0 Å². The third-order valence-electron chi connectivity index (χ3n) is 5.65. The van der Waals surface area contributed by atoms with Crippen LogP contribution in [-0.2, 0) is 4.79 Å². The SMILES string of the molecule is CC(=O)c1cccc(NC(=O)[C@H](C)N2CCC(c3nc4ccccc4s3)CC2)c1. The van der Waals surface area contributed by atoms with Gasteiger partial charge >= 0.3 is 0 Å². The van der Waals surface area contributed by atoms with Gasteiger partial charge in [-0.05, 0) is 64.0 Å². The van der Waals surface area contributed by atoms with Gasteiger partial charge in [0.05, 0.1) is 21.3 Å². The number of Topliss-reactive ketones (excluding diaryl/α,β-unsaturated/α-hetero) is 1. The molecule has 150 valence electrons. The Morgan fingerprint density at radius 2 is 1.90 bits per heavy atom. The van der Waals surface area contributed by atoms with Crippen molar-refractivity contribution in [2.45, 2.75) is 38.6 Å². The number of hydrogen-bond acceptors (Lipinski definition) is 5. The molecule has 0 unspecified atom stereocenters. The average Bonchev–Trinajstić information content (AvgIpc) is 3.18. The number of nitrogens with one attached hydrogen (secondary N) is 1. The summed E-state index contributed by atoms with van der Waals surface area (Å²) < 4.78 is 1.24. The third-order valence-corrected chi connectivity index (χ3v) is 6.85. The maximum atomic E-state index is 12.7. The number of anilines is 1. The molecule has 1 N–H and O–H groups in total. The highest BCUT2D eigenvalue weighted by Gasteiger charge is 2.28. The smallest absolute Gasteiger partial charge is 0.241 e. The zero-order valence-electron chi connectivity index (χ0n) is 16.7. The van der Waals surface area contributed by atoms with Gasteiger partial charge in [0.25, 0.3) is 0 Å². The van der Waals surface area contributed by atoms with Gasteiger partial charge in [-0.3, -0.25) is 14.5 Å². The van der Waals surface area contributed by atoms with E-state index >= 15 is 0 Å². The first-order chi connectivity index (χ1) is 14.0. The Kier molecular flexibility index (Phi) is 5.74. The molecule has 1 aromatic heterocycles. The lowest BCUT2D eigenvalue weighted by atomic mass is 9.96. The maximum absolute atomic E-state index is 12.7. The summed E-state index contributed by atoms with van der Waals surface area (Å²) in [6, 6.07) is 15.2. The van der Waals surface area contributed by atoms with E-state index in [1.54, 1.807) is 29.5 Å². The van der Waals surface area contributed by atoms with Crippen molar-refractivity contribution < 1.29 is 9.59 Å². The van der Waals surface area contributed by atoms with Crippen molar-refractivity contribution in [3.05, 3.63) is 59.1 Å². The molecule has 3 aromatic rings. The van der Waals surface area contributed by atoms with Crippen LogP contribution in [0.15, 0.2) is 48.5 Å². The van der Waals surface area contributed by atoms with Crippen LogP contribution in [0.3, 0.4) is 0 Å². The van der Waals surface area contributed by atoms with Gasteiger partial charge in [-0.1, -0.05) is 24.3 Å². The van der Waals surface area contributed by atoms with E-state index in [-0.39, 0.29) is 17.7 Å². The number of aromatic nitrogens is 1. The summed E-state index contributed by atoms with van der Waals surface area (Å²) in [7, 11) is 0. The van der Waals surface area contributed by atoms with Crippen LogP contribution in [0.25, 0.3) is 10.2 Å². The van der Waals surface area contributed by atoms with Gasteiger partial charge in [0.1, 0.15) is 0 Å². The molecule has 0 aliphatic carbocycles. The van der Waals surface area contributed by atoms with Crippen LogP contribution in [0, 0.1) is 0 Å². The van der Waals surface area contributed by atoms with Gasteiger partial charge in [-0.2, -0.15) is 0 Å². The Morgan fingerprint density at radius 1 is 1.14 bits per heavy atom. The second kappa shape index (κ2) is 8.43. The molecule has 5 nitrogen and oxygen atoms in total. The van der Waals surface area contributed by atoms with Crippen molar-refractivity contribution in [1.82, 2.24) is 9.88 Å². The van der Waals surface area contributed by atoms with Crippen LogP contribution in [0.1, 0.15) is 48.0 Å². The second-order valence-corrected chi connectivity index (χ2v) is 8.69. The number of fused-ring (bicyclic) bond motifs is 1. The summed E-state index contributed by atoms with van der Waals surface area (Å²) in [4.78, 5) is 31.3. The van der Waals surface area contributed by atoms with E-state index in [0.717, 1.165) is 31.4 Å². The lowest BCUT2D eigenvalue weighted by Crippen LogP contribution is -2.45. The lowest BCUT2D eigenvalue weighted by Gasteiger charge is -2.34. The maximum Gasteiger partial charge on any atom is 0.241 e. The number of carbonyl (C=O) groups is 2. The Bertz CT molecular complexity index is 1000. The van der Waals surface area contributed by atoms with E-state index in [4.69, 9.17) is 4.98 Å². The fourth-order valence-electron chi connectivity index (χ4n) is 3.83. The number of hydrogen-bond donors (Lipinski definition) is 1. The molecule has 0 spiro atoms. The van der Waals surface area contributed by atoms with E-state index in [1.807, 2.05) is 19.1 Å². The summed E-state index contributed by atoms with van der Waals surface area (Å²) in [5.74, 6) is 0.418. The van der Waals surface area contributed by atoms with Crippen molar-refractivity contribution in [2.75, 3.05) is 18.4 Å². The molecule has 1 aliphatic heterocycles. The van der Waals surface area contributed by atoms with E-state index < -0.39 is 0 Å². The van der Waals surface area contributed by atoms with Crippen molar-refractivity contribution in [2.24, 2.45) is 0 Å². The summed E-state index contributed by atoms with van der Waals surface area (Å²) in [6.07, 6.45) is 2.02. The Labute approximate surface area is 174 Å². The highest BCUT2D eigenvalue weighted by atomic mass is 32.1.